The summed E-state index contributed by atoms with van der Waals surface area (Å²) in [6.45, 7) is 0.442. The van der Waals surface area contributed by atoms with E-state index in [-0.39, 0.29) is 24.7 Å². The van der Waals surface area contributed by atoms with E-state index in [4.69, 9.17) is 0 Å². The average Bonchev–Trinajstić information content (AvgIpc) is 2.52. The van der Waals surface area contributed by atoms with Crippen LogP contribution < -0.4 is 10.6 Å². The van der Waals surface area contributed by atoms with Gasteiger partial charge in [0, 0.05) is 25.5 Å². The molecule has 8 heteroatoms. The van der Waals surface area contributed by atoms with Crippen molar-refractivity contribution in [2.45, 2.75) is 0 Å². The van der Waals surface area contributed by atoms with Crippen molar-refractivity contribution in [3.63, 3.8) is 0 Å². The molecule has 1 amide bonds. The molecule has 2 aromatic rings. The second-order valence-corrected chi connectivity index (χ2v) is 4.32. The number of rotatable bonds is 6. The molecule has 0 unspecified atom stereocenters. The van der Waals surface area contributed by atoms with E-state index in [1.165, 1.54) is 18.3 Å². The van der Waals surface area contributed by atoms with E-state index < -0.39 is 16.4 Å². The van der Waals surface area contributed by atoms with Crippen molar-refractivity contribution < 1.29 is 14.1 Å². The SMILES string of the molecule is O=C(NCCNc1cccc(F)c1[N+](=O)[O-])c1cccnc1. The number of nitro groups is 1. The van der Waals surface area contributed by atoms with E-state index in [0.29, 0.717) is 5.56 Å². The number of hydrogen-bond donors (Lipinski definition) is 2. The summed E-state index contributed by atoms with van der Waals surface area (Å²) >= 11 is 0. The Bertz CT molecular complexity index is 679. The number of carbonyl (C=O) groups is 1. The lowest BCUT2D eigenvalue weighted by molar-refractivity contribution is -0.386. The van der Waals surface area contributed by atoms with Gasteiger partial charge < -0.3 is 10.6 Å². The Morgan fingerprint density at radius 1 is 1.27 bits per heavy atom. The minimum Gasteiger partial charge on any atom is -0.378 e. The Hall–Kier alpha value is -3.03. The molecule has 1 aromatic heterocycles. The zero-order valence-electron chi connectivity index (χ0n) is 11.5. The predicted octanol–water partition coefficient (Wildman–Crippen LogP) is 1.97. The summed E-state index contributed by atoms with van der Waals surface area (Å²) in [5, 5.41) is 16.2. The number of para-hydroxylation sites is 1. The maximum absolute atomic E-state index is 13.4. The molecular weight excluding hydrogens is 291 g/mol. The quantitative estimate of drug-likeness (QED) is 0.483. The van der Waals surface area contributed by atoms with Crippen LogP contribution in [0, 0.1) is 15.9 Å². The van der Waals surface area contributed by atoms with Crippen LogP contribution in [0.25, 0.3) is 0 Å². The molecular formula is C14H13FN4O3. The first kappa shape index (κ1) is 15.4. The molecule has 1 heterocycles. The summed E-state index contributed by atoms with van der Waals surface area (Å²) in [5.74, 6) is -1.21. The Morgan fingerprint density at radius 2 is 2.09 bits per heavy atom. The van der Waals surface area contributed by atoms with Crippen LogP contribution in [0.2, 0.25) is 0 Å². The highest BCUT2D eigenvalue weighted by molar-refractivity contribution is 5.93. The standard InChI is InChI=1S/C14H13FN4O3/c15-11-4-1-5-12(13(11)19(21)22)17-7-8-18-14(20)10-3-2-6-16-9-10/h1-6,9,17H,7-8H2,(H,18,20). The molecule has 0 atom stereocenters. The van der Waals surface area contributed by atoms with Gasteiger partial charge in [-0.25, -0.2) is 0 Å². The van der Waals surface area contributed by atoms with Gasteiger partial charge in [-0.1, -0.05) is 6.07 Å². The maximum Gasteiger partial charge on any atom is 0.327 e. The molecule has 0 spiro atoms. The number of benzene rings is 1. The Kier molecular flexibility index (Phi) is 4.97. The van der Waals surface area contributed by atoms with Crippen molar-refractivity contribution in [3.05, 3.63) is 64.2 Å². The van der Waals surface area contributed by atoms with Crippen LogP contribution in [0.15, 0.2) is 42.7 Å². The van der Waals surface area contributed by atoms with E-state index in [9.17, 15) is 19.3 Å². The highest BCUT2D eigenvalue weighted by atomic mass is 19.1. The second-order valence-electron chi connectivity index (χ2n) is 4.32. The zero-order valence-corrected chi connectivity index (χ0v) is 11.5. The molecule has 0 bridgehead atoms. The lowest BCUT2D eigenvalue weighted by atomic mass is 10.2. The van der Waals surface area contributed by atoms with Gasteiger partial charge in [-0.2, -0.15) is 4.39 Å². The van der Waals surface area contributed by atoms with E-state index in [1.54, 1.807) is 18.3 Å². The van der Waals surface area contributed by atoms with Crippen molar-refractivity contribution in [2.24, 2.45) is 0 Å². The van der Waals surface area contributed by atoms with Crippen molar-refractivity contribution in [3.8, 4) is 0 Å². The number of aromatic nitrogens is 1. The molecule has 1 aromatic carbocycles. The number of nitrogens with one attached hydrogen (secondary N) is 2. The summed E-state index contributed by atoms with van der Waals surface area (Å²) in [7, 11) is 0. The van der Waals surface area contributed by atoms with Crippen LogP contribution in [0.1, 0.15) is 10.4 Å². The fraction of sp³-hybridized carbons (Fsp3) is 0.143. The smallest absolute Gasteiger partial charge is 0.327 e. The number of carbonyl (C=O) groups excluding carboxylic acids is 1. The summed E-state index contributed by atoms with van der Waals surface area (Å²) in [4.78, 5) is 25.6. The van der Waals surface area contributed by atoms with Gasteiger partial charge in [-0.15, -0.1) is 0 Å². The maximum atomic E-state index is 13.4. The Balaban J connectivity index is 1.89. The third-order valence-corrected chi connectivity index (χ3v) is 2.82. The minimum absolute atomic E-state index is 0.0700. The fourth-order valence-corrected chi connectivity index (χ4v) is 1.82. The summed E-state index contributed by atoms with van der Waals surface area (Å²) in [5.41, 5.74) is -0.124. The van der Waals surface area contributed by atoms with Crippen LogP contribution >= 0.6 is 0 Å². The normalized spacial score (nSPS) is 10.0. The van der Waals surface area contributed by atoms with Crippen LogP contribution in [-0.4, -0.2) is 28.9 Å². The van der Waals surface area contributed by atoms with Crippen LogP contribution in [0.4, 0.5) is 15.8 Å². The van der Waals surface area contributed by atoms with E-state index in [2.05, 4.69) is 15.6 Å². The molecule has 22 heavy (non-hydrogen) atoms. The van der Waals surface area contributed by atoms with E-state index in [1.807, 2.05) is 0 Å². The summed E-state index contributed by atoms with van der Waals surface area (Å²) in [6, 6.07) is 7.06. The molecule has 0 radical (unpaired) electrons. The molecule has 0 aliphatic heterocycles. The van der Waals surface area contributed by atoms with Gasteiger partial charge >= 0.3 is 5.69 Å². The lowest BCUT2D eigenvalue weighted by Crippen LogP contribution is -2.28. The Labute approximate surface area is 125 Å². The molecule has 0 saturated carbocycles. The number of nitrogens with zero attached hydrogens (tertiary/aromatic N) is 2. The minimum atomic E-state index is -0.908. The third kappa shape index (κ3) is 3.75. The Morgan fingerprint density at radius 3 is 2.77 bits per heavy atom. The van der Waals surface area contributed by atoms with E-state index in [0.717, 1.165) is 6.07 Å². The lowest BCUT2D eigenvalue weighted by Gasteiger charge is -2.08. The molecule has 0 fully saturated rings. The average molecular weight is 304 g/mol. The first-order valence-corrected chi connectivity index (χ1v) is 6.44. The zero-order chi connectivity index (χ0) is 15.9. The van der Waals surface area contributed by atoms with Crippen LogP contribution in [0.5, 0.6) is 0 Å². The highest BCUT2D eigenvalue weighted by Crippen LogP contribution is 2.26. The van der Waals surface area contributed by atoms with Gasteiger partial charge in [0.25, 0.3) is 5.91 Å². The largest absolute Gasteiger partial charge is 0.378 e. The molecule has 0 saturated heterocycles. The molecule has 114 valence electrons. The monoisotopic (exact) mass is 304 g/mol. The van der Waals surface area contributed by atoms with Gasteiger partial charge in [-0.05, 0) is 24.3 Å². The van der Waals surface area contributed by atoms with Gasteiger partial charge in [0.2, 0.25) is 5.82 Å². The van der Waals surface area contributed by atoms with Gasteiger partial charge in [0.05, 0.1) is 10.5 Å². The second kappa shape index (κ2) is 7.11. The van der Waals surface area contributed by atoms with Crippen LogP contribution in [0.3, 0.4) is 0 Å². The topological polar surface area (TPSA) is 97.2 Å². The first-order chi connectivity index (χ1) is 10.6. The molecule has 0 aliphatic rings. The van der Waals surface area contributed by atoms with Crippen molar-refractivity contribution in [1.29, 1.82) is 0 Å². The number of pyridine rings is 1. The number of hydrogen-bond acceptors (Lipinski definition) is 5. The van der Waals surface area contributed by atoms with Crippen molar-refractivity contribution in [2.75, 3.05) is 18.4 Å². The van der Waals surface area contributed by atoms with Crippen molar-refractivity contribution >= 4 is 17.3 Å². The predicted molar refractivity (Wildman–Crippen MR) is 78.1 cm³/mol. The van der Waals surface area contributed by atoms with Gasteiger partial charge in [0.15, 0.2) is 0 Å². The highest BCUT2D eigenvalue weighted by Gasteiger charge is 2.19. The molecule has 7 nitrogen and oxygen atoms in total. The summed E-state index contributed by atoms with van der Waals surface area (Å²) < 4.78 is 13.4. The molecule has 0 aliphatic carbocycles. The van der Waals surface area contributed by atoms with E-state index >= 15 is 0 Å². The van der Waals surface area contributed by atoms with Crippen molar-refractivity contribution in [1.82, 2.24) is 10.3 Å². The van der Waals surface area contributed by atoms with Gasteiger partial charge in [0.1, 0.15) is 5.69 Å². The van der Waals surface area contributed by atoms with Crippen LogP contribution in [-0.2, 0) is 0 Å². The third-order valence-electron chi connectivity index (χ3n) is 2.82. The number of nitro benzene ring substituents is 1. The fourth-order valence-electron chi connectivity index (χ4n) is 1.82. The summed E-state index contributed by atoms with van der Waals surface area (Å²) in [6.07, 6.45) is 2.99. The molecule has 2 rings (SSSR count). The molecule has 2 N–H and O–H groups in total. The first-order valence-electron chi connectivity index (χ1n) is 6.44. The number of amides is 1. The number of anilines is 1. The number of halogens is 1. The van der Waals surface area contributed by atoms with Gasteiger partial charge in [-0.3, -0.25) is 19.9 Å².